The number of anilines is 3. The molecule has 0 saturated carbocycles. The second kappa shape index (κ2) is 6.59. The van der Waals surface area contributed by atoms with Crippen molar-refractivity contribution < 1.29 is 9.21 Å². The molecule has 1 amide bonds. The lowest BCUT2D eigenvalue weighted by atomic mass is 10.1. The molecule has 2 saturated heterocycles. The standard InChI is InChI=1S/C19H23N3O2/c23-19(15-8-13-24-14-15)20-18-16(21-9-1-2-10-21)6-5-7-17(18)22-11-3-4-12-22/h5-8,13-14H,1-4,9-12H2,(H,20,23). The third-order valence-corrected chi connectivity index (χ3v) is 4.94. The quantitative estimate of drug-likeness (QED) is 0.930. The Morgan fingerprint density at radius 1 is 0.917 bits per heavy atom. The number of nitrogens with one attached hydrogen (secondary N) is 1. The molecule has 24 heavy (non-hydrogen) atoms. The number of carbonyl (C=O) groups is 1. The lowest BCUT2D eigenvalue weighted by molar-refractivity contribution is 0.102. The van der Waals surface area contributed by atoms with Gasteiger partial charge < -0.3 is 19.5 Å². The second-order valence-corrected chi connectivity index (χ2v) is 6.53. The number of rotatable bonds is 4. The maximum absolute atomic E-state index is 12.6. The highest BCUT2D eigenvalue weighted by molar-refractivity contribution is 6.08. The number of para-hydroxylation sites is 1. The number of benzene rings is 1. The Morgan fingerprint density at radius 3 is 2.00 bits per heavy atom. The minimum Gasteiger partial charge on any atom is -0.472 e. The highest BCUT2D eigenvalue weighted by Crippen LogP contribution is 2.38. The Morgan fingerprint density at radius 2 is 1.50 bits per heavy atom. The monoisotopic (exact) mass is 325 g/mol. The lowest BCUT2D eigenvalue weighted by Crippen LogP contribution is -2.25. The Balaban J connectivity index is 1.71. The highest BCUT2D eigenvalue weighted by Gasteiger charge is 2.23. The van der Waals surface area contributed by atoms with Crippen molar-refractivity contribution in [3.05, 3.63) is 42.4 Å². The zero-order valence-corrected chi connectivity index (χ0v) is 13.8. The molecule has 2 aromatic rings. The lowest BCUT2D eigenvalue weighted by Gasteiger charge is -2.27. The molecule has 0 bridgehead atoms. The molecule has 3 heterocycles. The van der Waals surface area contributed by atoms with E-state index in [4.69, 9.17) is 4.42 Å². The molecular weight excluding hydrogens is 302 g/mol. The molecule has 126 valence electrons. The van der Waals surface area contributed by atoms with Gasteiger partial charge in [0.25, 0.3) is 5.91 Å². The topological polar surface area (TPSA) is 48.7 Å². The fraction of sp³-hybridized carbons (Fsp3) is 0.421. The SMILES string of the molecule is O=C(Nc1c(N2CCCC2)cccc1N1CCCC1)c1ccoc1. The van der Waals surface area contributed by atoms with E-state index in [1.165, 1.54) is 38.2 Å². The van der Waals surface area contributed by atoms with E-state index < -0.39 is 0 Å². The van der Waals surface area contributed by atoms with E-state index in [0.717, 1.165) is 43.2 Å². The van der Waals surface area contributed by atoms with Gasteiger partial charge in [0.2, 0.25) is 0 Å². The van der Waals surface area contributed by atoms with Gasteiger partial charge >= 0.3 is 0 Å². The summed E-state index contributed by atoms with van der Waals surface area (Å²) in [5, 5.41) is 3.15. The molecular formula is C19H23N3O2. The number of furan rings is 1. The molecule has 5 heteroatoms. The average Bonchev–Trinajstić information content (AvgIpc) is 3.37. The van der Waals surface area contributed by atoms with Gasteiger partial charge in [0.05, 0.1) is 28.9 Å². The van der Waals surface area contributed by atoms with Crippen molar-refractivity contribution in [3.63, 3.8) is 0 Å². The summed E-state index contributed by atoms with van der Waals surface area (Å²) in [4.78, 5) is 17.4. The molecule has 0 unspecified atom stereocenters. The van der Waals surface area contributed by atoms with Crippen LogP contribution in [-0.4, -0.2) is 32.1 Å². The molecule has 0 atom stereocenters. The van der Waals surface area contributed by atoms with E-state index in [1.54, 1.807) is 6.07 Å². The molecule has 1 aromatic heterocycles. The molecule has 2 fully saturated rings. The molecule has 4 rings (SSSR count). The number of hydrogen-bond acceptors (Lipinski definition) is 4. The van der Waals surface area contributed by atoms with E-state index in [1.807, 2.05) is 0 Å². The Hall–Kier alpha value is -2.43. The van der Waals surface area contributed by atoms with Gasteiger partial charge in [-0.1, -0.05) is 6.07 Å². The van der Waals surface area contributed by atoms with Crippen LogP contribution in [0.5, 0.6) is 0 Å². The van der Waals surface area contributed by atoms with E-state index >= 15 is 0 Å². The van der Waals surface area contributed by atoms with Gasteiger partial charge in [-0.3, -0.25) is 4.79 Å². The number of nitrogens with zero attached hydrogens (tertiary/aromatic N) is 2. The first-order valence-corrected chi connectivity index (χ1v) is 8.79. The fourth-order valence-electron chi connectivity index (χ4n) is 3.68. The first-order valence-electron chi connectivity index (χ1n) is 8.79. The van der Waals surface area contributed by atoms with Crippen molar-refractivity contribution in [1.82, 2.24) is 0 Å². The summed E-state index contributed by atoms with van der Waals surface area (Å²) in [7, 11) is 0. The normalized spacial score (nSPS) is 17.5. The summed E-state index contributed by atoms with van der Waals surface area (Å²) in [6.07, 6.45) is 7.87. The van der Waals surface area contributed by atoms with Crippen LogP contribution in [0.4, 0.5) is 17.1 Å². The Kier molecular flexibility index (Phi) is 4.15. The van der Waals surface area contributed by atoms with E-state index in [9.17, 15) is 4.79 Å². The number of hydrogen-bond donors (Lipinski definition) is 1. The van der Waals surface area contributed by atoms with Crippen LogP contribution in [0.15, 0.2) is 41.2 Å². The number of carbonyl (C=O) groups excluding carboxylic acids is 1. The van der Waals surface area contributed by atoms with Crippen molar-refractivity contribution in [3.8, 4) is 0 Å². The van der Waals surface area contributed by atoms with Crippen molar-refractivity contribution in [2.24, 2.45) is 0 Å². The van der Waals surface area contributed by atoms with Crippen LogP contribution in [0.1, 0.15) is 36.0 Å². The van der Waals surface area contributed by atoms with E-state index in [0.29, 0.717) is 5.56 Å². The van der Waals surface area contributed by atoms with Gasteiger partial charge in [-0.2, -0.15) is 0 Å². The van der Waals surface area contributed by atoms with Crippen molar-refractivity contribution >= 4 is 23.0 Å². The fourth-order valence-corrected chi connectivity index (χ4v) is 3.68. The highest BCUT2D eigenvalue weighted by atomic mass is 16.3. The summed E-state index contributed by atoms with van der Waals surface area (Å²) < 4.78 is 5.05. The third kappa shape index (κ3) is 2.86. The molecule has 1 aromatic carbocycles. The van der Waals surface area contributed by atoms with Crippen LogP contribution in [0.25, 0.3) is 0 Å². The van der Waals surface area contributed by atoms with Crippen LogP contribution in [0, 0.1) is 0 Å². The largest absolute Gasteiger partial charge is 0.472 e. The predicted octanol–water partition coefficient (Wildman–Crippen LogP) is 3.73. The van der Waals surface area contributed by atoms with Gasteiger partial charge in [-0.15, -0.1) is 0 Å². The zero-order chi connectivity index (χ0) is 16.4. The van der Waals surface area contributed by atoms with Crippen LogP contribution < -0.4 is 15.1 Å². The van der Waals surface area contributed by atoms with Crippen molar-refractivity contribution in [2.45, 2.75) is 25.7 Å². The van der Waals surface area contributed by atoms with Crippen LogP contribution >= 0.6 is 0 Å². The predicted molar refractivity (Wildman–Crippen MR) is 96.0 cm³/mol. The van der Waals surface area contributed by atoms with Gasteiger partial charge in [-0.25, -0.2) is 0 Å². The van der Waals surface area contributed by atoms with E-state index in [-0.39, 0.29) is 5.91 Å². The molecule has 0 radical (unpaired) electrons. The summed E-state index contributed by atoms with van der Waals surface area (Å²) in [6, 6.07) is 8.05. The number of amides is 1. The minimum atomic E-state index is -0.115. The Labute approximate surface area is 142 Å². The van der Waals surface area contributed by atoms with Gasteiger partial charge in [0, 0.05) is 26.2 Å². The molecule has 0 aliphatic carbocycles. The summed E-state index contributed by atoms with van der Waals surface area (Å²) in [5.74, 6) is -0.115. The molecule has 2 aliphatic heterocycles. The zero-order valence-electron chi connectivity index (χ0n) is 13.8. The van der Waals surface area contributed by atoms with Crippen LogP contribution in [0.2, 0.25) is 0 Å². The summed E-state index contributed by atoms with van der Waals surface area (Å²) in [5.41, 5.74) is 3.76. The maximum Gasteiger partial charge on any atom is 0.259 e. The third-order valence-electron chi connectivity index (χ3n) is 4.94. The first-order chi connectivity index (χ1) is 11.8. The molecule has 1 N–H and O–H groups in total. The smallest absolute Gasteiger partial charge is 0.259 e. The van der Waals surface area contributed by atoms with Crippen LogP contribution in [0.3, 0.4) is 0 Å². The van der Waals surface area contributed by atoms with Gasteiger partial charge in [0.15, 0.2) is 0 Å². The van der Waals surface area contributed by atoms with Crippen molar-refractivity contribution in [2.75, 3.05) is 41.3 Å². The summed E-state index contributed by atoms with van der Waals surface area (Å²) >= 11 is 0. The molecule has 5 nitrogen and oxygen atoms in total. The van der Waals surface area contributed by atoms with Gasteiger partial charge in [0.1, 0.15) is 6.26 Å². The summed E-state index contributed by atoms with van der Waals surface area (Å²) in [6.45, 7) is 4.21. The molecule has 0 spiro atoms. The maximum atomic E-state index is 12.6. The van der Waals surface area contributed by atoms with Gasteiger partial charge in [-0.05, 0) is 43.9 Å². The minimum absolute atomic E-state index is 0.115. The molecule has 2 aliphatic rings. The van der Waals surface area contributed by atoms with Crippen LogP contribution in [-0.2, 0) is 0 Å². The Bertz CT molecular complexity index is 665. The van der Waals surface area contributed by atoms with E-state index in [2.05, 4.69) is 33.3 Å². The first kappa shape index (κ1) is 15.1. The van der Waals surface area contributed by atoms with Crippen molar-refractivity contribution in [1.29, 1.82) is 0 Å². The second-order valence-electron chi connectivity index (χ2n) is 6.53. The average molecular weight is 325 g/mol.